The number of hydrogen-bond acceptors (Lipinski definition) is 4. The third-order valence-corrected chi connectivity index (χ3v) is 10.9. The zero-order valence-electron chi connectivity index (χ0n) is 24.0. The van der Waals surface area contributed by atoms with Gasteiger partial charge in [-0.1, -0.05) is 40.0 Å². The molecule has 0 rings (SSSR count). The summed E-state index contributed by atoms with van der Waals surface area (Å²) in [6, 6.07) is 0.0223. The molecule has 0 unspecified atom stereocenters. The van der Waals surface area contributed by atoms with Crippen LogP contribution in [0.5, 0.6) is 0 Å². The Kier molecular flexibility index (Phi) is 15.7. The van der Waals surface area contributed by atoms with Crippen molar-refractivity contribution < 1.29 is 14.4 Å². The summed E-state index contributed by atoms with van der Waals surface area (Å²) in [5.74, 6) is 0. The number of carbonyl (C=O) groups is 3. The van der Waals surface area contributed by atoms with Gasteiger partial charge in [-0.25, -0.2) is 14.4 Å². The maximum Gasteiger partial charge on any atom is 0.390 e. The van der Waals surface area contributed by atoms with Crippen molar-refractivity contribution in [1.29, 1.82) is 0 Å². The normalized spacial score (nSPS) is 11.1. The van der Waals surface area contributed by atoms with Crippen LogP contribution in [0.25, 0.3) is 0 Å². The molecule has 0 radical (unpaired) electrons. The zero-order valence-corrected chi connectivity index (χ0v) is 25.0. The van der Waals surface area contributed by atoms with E-state index >= 15 is 0 Å². The van der Waals surface area contributed by atoms with Crippen molar-refractivity contribution in [3.8, 4) is 0 Å². The quantitative estimate of drug-likeness (QED) is 0.337. The van der Waals surface area contributed by atoms with E-state index < -0.39 is 8.56 Å². The van der Waals surface area contributed by atoms with E-state index in [1.807, 2.05) is 13.7 Å². The highest BCUT2D eigenvalue weighted by Gasteiger charge is 2.58. The molecule has 0 aromatic rings. The Morgan fingerprint density at radius 3 is 1.06 bits per heavy atom. The van der Waals surface area contributed by atoms with Gasteiger partial charge in [-0.05, 0) is 32.2 Å². The number of unbranched alkanes of at least 4 members (excludes halogenated alkanes) is 3. The number of carbonyl (C=O) groups excluding carboxylic acids is 3. The van der Waals surface area contributed by atoms with Crippen molar-refractivity contribution in [2.24, 2.45) is 5.73 Å². The summed E-state index contributed by atoms with van der Waals surface area (Å²) >= 11 is 0. The summed E-state index contributed by atoms with van der Waals surface area (Å²) in [5, 5.41) is 0. The van der Waals surface area contributed by atoms with Crippen molar-refractivity contribution in [2.75, 3.05) is 68.5 Å². The summed E-state index contributed by atoms with van der Waals surface area (Å²) in [5.41, 5.74) is 6.02. The van der Waals surface area contributed by atoms with Gasteiger partial charge in [0.25, 0.3) is 0 Å². The van der Waals surface area contributed by atoms with E-state index in [0.717, 1.165) is 38.5 Å². The van der Waals surface area contributed by atoms with E-state index in [0.29, 0.717) is 38.6 Å². The van der Waals surface area contributed by atoms with E-state index in [2.05, 4.69) is 20.8 Å². The topological polar surface area (TPSA) is 96.7 Å². The number of nitrogens with zero attached hydrogens (tertiary/aromatic N) is 6. The molecular formula is C24H53N7O3Si. The molecule has 206 valence electrons. The van der Waals surface area contributed by atoms with Crippen LogP contribution >= 0.6 is 0 Å². The molecule has 2 N–H and O–H groups in total. The first kappa shape index (κ1) is 33.0. The van der Waals surface area contributed by atoms with Gasteiger partial charge >= 0.3 is 26.7 Å². The number of nitrogens with two attached hydrogens (primary N) is 1. The average molecular weight is 516 g/mol. The molecule has 0 aliphatic carbocycles. The summed E-state index contributed by atoms with van der Waals surface area (Å²) in [4.78, 5) is 46.3. The number of rotatable bonds is 15. The van der Waals surface area contributed by atoms with Crippen LogP contribution in [0.1, 0.15) is 65.7 Å². The van der Waals surface area contributed by atoms with E-state index in [1.54, 1.807) is 57.0 Å². The lowest BCUT2D eigenvalue weighted by Gasteiger charge is -2.54. The molecule has 0 atom stereocenters. The van der Waals surface area contributed by atoms with Gasteiger partial charge in [-0.15, -0.1) is 0 Å². The van der Waals surface area contributed by atoms with Gasteiger partial charge in [-0.2, -0.15) is 0 Å². The Bertz CT molecular complexity index is 568. The molecule has 0 fully saturated rings. The molecule has 0 spiro atoms. The van der Waals surface area contributed by atoms with Gasteiger partial charge in [0, 0.05) is 68.0 Å². The molecule has 0 aliphatic heterocycles. The minimum Gasteiger partial charge on any atom is -0.331 e. The maximum atomic E-state index is 13.9. The van der Waals surface area contributed by atoms with Crippen molar-refractivity contribution in [1.82, 2.24) is 28.4 Å². The van der Waals surface area contributed by atoms with Crippen LogP contribution < -0.4 is 5.73 Å². The first-order valence-electron chi connectivity index (χ1n) is 13.1. The number of urea groups is 3. The number of amides is 6. The van der Waals surface area contributed by atoms with Crippen LogP contribution in [0, 0.1) is 0 Å². The minimum absolute atomic E-state index is 0.164. The molecule has 0 heterocycles. The first-order valence-corrected chi connectivity index (χ1v) is 15.2. The second kappa shape index (κ2) is 16.6. The van der Waals surface area contributed by atoms with Crippen LogP contribution in [-0.2, 0) is 0 Å². The predicted molar refractivity (Wildman–Crippen MR) is 146 cm³/mol. The van der Waals surface area contributed by atoms with E-state index in [1.165, 1.54) is 0 Å². The second-order valence-corrected chi connectivity index (χ2v) is 13.4. The molecule has 0 bridgehead atoms. The summed E-state index contributed by atoms with van der Waals surface area (Å²) in [6.45, 7) is 8.12. The zero-order chi connectivity index (χ0) is 27.2. The van der Waals surface area contributed by atoms with Gasteiger partial charge in [0.05, 0.1) is 0 Å². The van der Waals surface area contributed by atoms with Crippen molar-refractivity contribution in [3.63, 3.8) is 0 Å². The molecule has 6 amide bonds. The van der Waals surface area contributed by atoms with Crippen LogP contribution in [0.15, 0.2) is 0 Å². The van der Waals surface area contributed by atoms with Gasteiger partial charge < -0.3 is 34.1 Å². The van der Waals surface area contributed by atoms with Crippen LogP contribution in [0.2, 0.25) is 6.04 Å². The van der Waals surface area contributed by atoms with E-state index in [4.69, 9.17) is 5.73 Å². The smallest absolute Gasteiger partial charge is 0.331 e. The fourth-order valence-corrected chi connectivity index (χ4v) is 9.57. The highest BCUT2D eigenvalue weighted by atomic mass is 28.4. The average Bonchev–Trinajstić information content (AvgIpc) is 2.81. The first-order chi connectivity index (χ1) is 16.5. The summed E-state index contributed by atoms with van der Waals surface area (Å²) in [6.07, 6.45) is 5.65. The number of hydrogen-bond donors (Lipinski definition) is 1. The molecular weight excluding hydrogens is 462 g/mol. The molecule has 0 saturated heterocycles. The SMILES string of the molecule is CCCCN(C(=O)N(C)C)[Si](CCCN)(N(CCCC)C(=O)N(C)C)N(CCCC)C(=O)N(C)C. The van der Waals surface area contributed by atoms with Crippen LogP contribution in [0.4, 0.5) is 14.4 Å². The molecule has 0 aliphatic rings. The third kappa shape index (κ3) is 8.86. The van der Waals surface area contributed by atoms with Crippen LogP contribution in [0.3, 0.4) is 0 Å². The molecule has 0 aromatic heterocycles. The Balaban J connectivity index is 7.51. The lowest BCUT2D eigenvalue weighted by Crippen LogP contribution is -2.80. The molecule has 11 heteroatoms. The van der Waals surface area contributed by atoms with E-state index in [9.17, 15) is 14.4 Å². The van der Waals surface area contributed by atoms with Gasteiger partial charge in [0.15, 0.2) is 0 Å². The third-order valence-electron chi connectivity index (χ3n) is 6.06. The lowest BCUT2D eigenvalue weighted by molar-refractivity contribution is 0.156. The standard InChI is InChI=1S/C24H53N7O3Si/c1-10-13-18-29(22(32)26(4)5)35(21-16-17-25,30(19-14-11-2)23(33)27(6)7)31(20-15-12-3)24(34)28(8)9/h10-21,25H2,1-9H3. The van der Waals surface area contributed by atoms with E-state index in [-0.39, 0.29) is 18.1 Å². The predicted octanol–water partition coefficient (Wildman–Crippen LogP) is 3.63. The molecule has 0 aromatic carbocycles. The minimum atomic E-state index is -3.45. The lowest BCUT2D eigenvalue weighted by atomic mass is 10.3. The van der Waals surface area contributed by atoms with Gasteiger partial charge in [-0.3, -0.25) is 0 Å². The molecule has 35 heavy (non-hydrogen) atoms. The fraction of sp³-hybridized carbons (Fsp3) is 0.875. The summed E-state index contributed by atoms with van der Waals surface area (Å²) < 4.78 is 5.67. The van der Waals surface area contributed by atoms with Crippen molar-refractivity contribution in [2.45, 2.75) is 71.8 Å². The summed E-state index contributed by atoms with van der Waals surface area (Å²) in [7, 11) is 6.96. The monoisotopic (exact) mass is 515 g/mol. The van der Waals surface area contributed by atoms with Gasteiger partial charge in [0.1, 0.15) is 0 Å². The molecule has 10 nitrogen and oxygen atoms in total. The highest BCUT2D eigenvalue weighted by molar-refractivity contribution is 6.77. The Morgan fingerprint density at radius 2 is 0.857 bits per heavy atom. The second-order valence-electron chi connectivity index (χ2n) is 9.71. The Morgan fingerprint density at radius 1 is 0.571 bits per heavy atom. The fourth-order valence-electron chi connectivity index (χ4n) is 4.14. The molecule has 0 saturated carbocycles. The van der Waals surface area contributed by atoms with Crippen molar-refractivity contribution in [3.05, 3.63) is 0 Å². The van der Waals surface area contributed by atoms with Gasteiger partial charge in [0.2, 0.25) is 0 Å². The van der Waals surface area contributed by atoms with Crippen LogP contribution in [-0.4, -0.2) is 124 Å². The Hall–Kier alpha value is -2.01. The maximum absolute atomic E-state index is 13.9. The largest absolute Gasteiger partial charge is 0.390 e. The highest BCUT2D eigenvalue weighted by Crippen LogP contribution is 2.31. The Labute approximate surface area is 215 Å². The van der Waals surface area contributed by atoms with Crippen molar-refractivity contribution >= 4 is 26.7 Å².